The van der Waals surface area contributed by atoms with Gasteiger partial charge in [-0.25, -0.2) is 4.70 Å². The van der Waals surface area contributed by atoms with Crippen molar-refractivity contribution in [1.29, 1.82) is 0 Å². The molecule has 1 aliphatic rings. The van der Waals surface area contributed by atoms with Gasteiger partial charge in [-0.2, -0.15) is 0 Å². The minimum absolute atomic E-state index is 0.956. The zero-order valence-corrected chi connectivity index (χ0v) is 66.3. The molecule has 1 heterocycles. The van der Waals surface area contributed by atoms with Gasteiger partial charge in [0, 0.05) is 16.7 Å². The third-order valence-corrected chi connectivity index (χ3v) is 22.7. The van der Waals surface area contributed by atoms with Gasteiger partial charge >= 0.3 is 169 Å². The molecule has 0 atom stereocenters. The molecule has 546 valence electrons. The maximum atomic E-state index is 12.2. The Morgan fingerprint density at radius 2 is 0.500 bits per heavy atom. The predicted octanol–water partition coefficient (Wildman–Crippen LogP) is 32.7. The van der Waals surface area contributed by atoms with E-state index < -0.39 is 0 Å². The van der Waals surface area contributed by atoms with Crippen LogP contribution in [-0.4, -0.2) is 4.70 Å². The molecule has 0 N–H and O–H groups in total. The van der Waals surface area contributed by atoms with Gasteiger partial charge < -0.3 is 5.53 Å². The van der Waals surface area contributed by atoms with Crippen molar-refractivity contribution in [2.45, 2.75) is 470 Å². The minimum atomic E-state index is 0.956. The molecule has 0 aromatic heterocycles. The van der Waals surface area contributed by atoms with Crippen LogP contribution in [0.5, 0.6) is 0 Å². The number of allylic oxidation sites excluding steroid dienone is 4. The van der Waals surface area contributed by atoms with Crippen molar-refractivity contribution in [3.8, 4) is 0 Å². The van der Waals surface area contributed by atoms with Gasteiger partial charge in [0.2, 0.25) is 11.4 Å². The molecular formula is C91H162N2Pd. The molecule has 0 radical (unpaired) electrons. The smallest absolute Gasteiger partial charge is 0.0654 e. The van der Waals surface area contributed by atoms with Crippen LogP contribution in [0.3, 0.4) is 0 Å². The molecule has 0 spiro atoms. The molecule has 0 fully saturated rings. The minimum Gasteiger partial charge on any atom is -0.0654 e. The van der Waals surface area contributed by atoms with E-state index in [-0.39, 0.29) is 0 Å². The number of hydrogen-bond donors (Lipinski definition) is 0. The zero-order valence-electron chi connectivity index (χ0n) is 64.8. The third kappa shape index (κ3) is 47.8. The van der Waals surface area contributed by atoms with Crippen LogP contribution in [0.1, 0.15) is 468 Å². The molecule has 1 aliphatic heterocycles. The Morgan fingerprint density at radius 1 is 0.277 bits per heavy atom. The molecule has 2 nitrogen and oxygen atoms in total. The van der Waals surface area contributed by atoms with E-state index in [1.165, 1.54) is 406 Å². The van der Waals surface area contributed by atoms with Crippen molar-refractivity contribution in [2.24, 2.45) is 0 Å². The molecule has 2 aromatic rings. The first-order valence-electron chi connectivity index (χ1n) is 42.7. The van der Waals surface area contributed by atoms with Gasteiger partial charge in [-0.15, -0.1) is 0 Å². The summed E-state index contributed by atoms with van der Waals surface area (Å²) in [5, 5.41) is 0. The van der Waals surface area contributed by atoms with E-state index in [2.05, 4.69) is 104 Å². The van der Waals surface area contributed by atoms with Crippen molar-refractivity contribution < 1.29 is 22.7 Å². The van der Waals surface area contributed by atoms with Gasteiger partial charge in [0.15, 0.2) is 0 Å². The standard InChI is InChI=1S/C47H72N2.2C22H45.Pd/c1-7-12-17-18-19-20-21-22-23-24-25-26-31-45-38(6)46(43-34-39(27-13-8-2)32-40(35-43)28-14-9-3)49(48)47(45)44-36-41(29-15-10-4)33-42(37-44)30-16-11-5;2*1-3-5-7-9-11-13-15-17-19-21-22-20-18-16-14-12-10-8-6-4-2;/h26,31-37H,7-25,27-30H2,1-6H3;2*1,3-22H2,2H3;. The van der Waals surface area contributed by atoms with E-state index in [0.29, 0.717) is 0 Å². The van der Waals surface area contributed by atoms with Gasteiger partial charge in [0.05, 0.1) is 5.57 Å². The van der Waals surface area contributed by atoms with E-state index in [0.717, 1.165) is 72.6 Å². The molecule has 0 bridgehead atoms. The third-order valence-electron chi connectivity index (χ3n) is 20.5. The first kappa shape index (κ1) is 88.0. The Kier molecular flexibility index (Phi) is 62.5. The molecule has 2 aromatic carbocycles. The number of benzene rings is 2. The Balaban J connectivity index is 0.000000643. The second kappa shape index (κ2) is 66.8. The summed E-state index contributed by atoms with van der Waals surface area (Å²) in [7, 11) is 0. The number of aryl methyl sites for hydroxylation is 4. The Morgan fingerprint density at radius 3 is 0.755 bits per heavy atom. The quantitative estimate of drug-likeness (QED) is 0.0358. The molecule has 0 unspecified atom stereocenters. The summed E-state index contributed by atoms with van der Waals surface area (Å²) in [6.45, 7) is 18.2. The van der Waals surface area contributed by atoms with Crippen molar-refractivity contribution in [3.05, 3.63) is 98.6 Å². The second-order valence-corrected chi connectivity index (χ2v) is 32.2. The molecule has 0 saturated heterocycles. The summed E-state index contributed by atoms with van der Waals surface area (Å²) in [6, 6.07) is 14.3. The Hall–Kier alpha value is -2.08. The molecule has 3 rings (SSSR count). The summed E-state index contributed by atoms with van der Waals surface area (Å²) in [4.78, 5) is 3.10. The average molecular weight is 1390 g/mol. The summed E-state index contributed by atoms with van der Waals surface area (Å²) >= 11 is 1.06. The van der Waals surface area contributed by atoms with E-state index in [1.54, 1.807) is 14.5 Å². The van der Waals surface area contributed by atoms with E-state index in [1.807, 2.05) is 0 Å². The van der Waals surface area contributed by atoms with Crippen LogP contribution in [0.2, 0.25) is 9.79 Å². The van der Waals surface area contributed by atoms with Crippen molar-refractivity contribution in [1.82, 2.24) is 0 Å². The Labute approximate surface area is 598 Å². The molecule has 94 heavy (non-hydrogen) atoms. The second-order valence-electron chi connectivity index (χ2n) is 29.8. The summed E-state index contributed by atoms with van der Waals surface area (Å²) < 4.78 is 1.56. The SMILES string of the molecule is CCCCCCCCCCCCC=CC1=C(c2cc(CCCC)cc(CCCC)c2)[N+](=[N-])C(c2cc(CCCC)cc(CCCC)c2)=C1C.CCCCCCCCCCCCCCCCCCCCC[CH2][Pd][CH2]CCCCCCCCCCCCCCCCCCCCC. The van der Waals surface area contributed by atoms with Crippen molar-refractivity contribution >= 4 is 11.4 Å². The van der Waals surface area contributed by atoms with E-state index >= 15 is 0 Å². The summed E-state index contributed by atoms with van der Waals surface area (Å²) in [6.07, 6.45) is 92.8. The van der Waals surface area contributed by atoms with Crippen molar-refractivity contribution in [2.75, 3.05) is 0 Å². The maximum absolute atomic E-state index is 12.2. The number of rotatable bonds is 68. The molecular weight excluding hydrogens is 1230 g/mol. The van der Waals surface area contributed by atoms with Gasteiger partial charge in [-0.3, -0.25) is 0 Å². The van der Waals surface area contributed by atoms with Gasteiger partial charge in [0.1, 0.15) is 0 Å². The van der Waals surface area contributed by atoms with Crippen LogP contribution < -0.4 is 0 Å². The van der Waals surface area contributed by atoms with Crippen LogP contribution in [0.25, 0.3) is 16.9 Å². The number of hydrogen-bond acceptors (Lipinski definition) is 0. The fourth-order valence-corrected chi connectivity index (χ4v) is 16.2. The van der Waals surface area contributed by atoms with Gasteiger partial charge in [0.25, 0.3) is 0 Å². The van der Waals surface area contributed by atoms with Crippen LogP contribution in [0.4, 0.5) is 0 Å². The average Bonchev–Trinajstić information content (AvgIpc) is 1.60. The number of nitrogens with zero attached hydrogens (tertiary/aromatic N) is 2. The fourth-order valence-electron chi connectivity index (χ4n) is 14.3. The van der Waals surface area contributed by atoms with E-state index in [9.17, 15) is 5.53 Å². The predicted molar refractivity (Wildman–Crippen MR) is 422 cm³/mol. The molecule has 0 aliphatic carbocycles. The monoisotopic (exact) mass is 1390 g/mol. The molecule has 3 heteroatoms. The first-order valence-corrected chi connectivity index (χ1v) is 44.9. The molecule has 0 saturated carbocycles. The normalized spacial score (nSPS) is 12.7. The van der Waals surface area contributed by atoms with Crippen LogP contribution in [0, 0.1) is 0 Å². The molecule has 0 amide bonds. The van der Waals surface area contributed by atoms with Crippen molar-refractivity contribution in [3.63, 3.8) is 0 Å². The van der Waals surface area contributed by atoms with Crippen LogP contribution >= 0.6 is 0 Å². The first-order chi connectivity index (χ1) is 46.4. The van der Waals surface area contributed by atoms with Gasteiger partial charge in [-0.05, 0) is 118 Å². The Bertz CT molecular complexity index is 2010. The van der Waals surface area contributed by atoms with Crippen LogP contribution in [0.15, 0.2) is 59.7 Å². The van der Waals surface area contributed by atoms with E-state index in [4.69, 9.17) is 0 Å². The fraction of sp³-hybridized carbons (Fsp3) is 0.802. The summed E-state index contributed by atoms with van der Waals surface area (Å²) in [5.74, 6) is 0. The zero-order chi connectivity index (χ0) is 67.7. The van der Waals surface area contributed by atoms with Crippen LogP contribution in [-0.2, 0) is 43.7 Å². The van der Waals surface area contributed by atoms with Gasteiger partial charge in [-0.1, -0.05) is 272 Å². The topological polar surface area (TPSA) is 25.3 Å². The summed E-state index contributed by atoms with van der Waals surface area (Å²) in [5.41, 5.74) is 24.4. The number of unbranched alkanes of at least 4 members (excludes halogenated alkanes) is 52.